The smallest absolute Gasteiger partial charge is 0.00817 e. The van der Waals surface area contributed by atoms with Crippen molar-refractivity contribution in [2.45, 2.75) is 76.8 Å². The van der Waals surface area contributed by atoms with E-state index in [0.717, 1.165) is 6.04 Å². The molecule has 0 saturated carbocycles. The predicted octanol–water partition coefficient (Wildman–Crippen LogP) is 3.39. The Morgan fingerprint density at radius 2 is 2.28 bits per heavy atom. The highest BCUT2D eigenvalue weighted by Gasteiger charge is 2.15. The van der Waals surface area contributed by atoms with Gasteiger partial charge in [-0.1, -0.05) is 18.1 Å². The summed E-state index contributed by atoms with van der Waals surface area (Å²) in [6, 6.07) is 1.42. The first-order valence-corrected chi connectivity index (χ1v) is 7.99. The zero-order chi connectivity index (χ0) is 12.6. The molecule has 1 aliphatic carbocycles. The first-order valence-electron chi connectivity index (χ1n) is 7.99. The van der Waals surface area contributed by atoms with Crippen LogP contribution in [0, 0.1) is 0 Å². The molecule has 0 radical (unpaired) electrons. The molecule has 2 atom stereocenters. The third kappa shape index (κ3) is 5.11. The second-order valence-electron chi connectivity index (χ2n) is 6.10. The Kier molecular flexibility index (Phi) is 6.22. The van der Waals surface area contributed by atoms with Crippen LogP contribution in [0.1, 0.15) is 64.7 Å². The lowest BCUT2D eigenvalue weighted by Crippen LogP contribution is -2.40. The minimum Gasteiger partial charge on any atom is -0.314 e. The fraction of sp³-hybridized carbons (Fsp3) is 0.875. The lowest BCUT2D eigenvalue weighted by Gasteiger charge is -2.26. The van der Waals surface area contributed by atoms with E-state index < -0.39 is 0 Å². The van der Waals surface area contributed by atoms with Crippen molar-refractivity contribution in [3.63, 3.8) is 0 Å². The molecule has 0 aromatic rings. The summed E-state index contributed by atoms with van der Waals surface area (Å²) in [5.74, 6) is 0. The van der Waals surface area contributed by atoms with Gasteiger partial charge in [-0.05, 0) is 71.4 Å². The van der Waals surface area contributed by atoms with E-state index in [9.17, 15) is 0 Å². The summed E-state index contributed by atoms with van der Waals surface area (Å²) in [5.41, 5.74) is 1.69. The third-order valence-corrected chi connectivity index (χ3v) is 4.37. The van der Waals surface area contributed by atoms with Gasteiger partial charge in [0, 0.05) is 12.1 Å². The van der Waals surface area contributed by atoms with Crippen molar-refractivity contribution in [2.24, 2.45) is 0 Å². The zero-order valence-corrected chi connectivity index (χ0v) is 12.0. The van der Waals surface area contributed by atoms with Crippen molar-refractivity contribution in [3.05, 3.63) is 11.6 Å². The molecule has 0 spiro atoms. The summed E-state index contributed by atoms with van der Waals surface area (Å²) >= 11 is 0. The molecule has 2 heteroatoms. The molecule has 2 N–H and O–H groups in total. The molecule has 0 aromatic heterocycles. The molecule has 0 aromatic carbocycles. The molecule has 0 amide bonds. The number of rotatable bonds is 6. The van der Waals surface area contributed by atoms with Gasteiger partial charge in [-0.2, -0.15) is 0 Å². The van der Waals surface area contributed by atoms with Crippen LogP contribution in [0.25, 0.3) is 0 Å². The maximum Gasteiger partial charge on any atom is 0.00817 e. The van der Waals surface area contributed by atoms with Crippen LogP contribution in [0.15, 0.2) is 11.6 Å². The number of hydrogen-bond acceptors (Lipinski definition) is 2. The minimum atomic E-state index is 0.657. The summed E-state index contributed by atoms with van der Waals surface area (Å²) in [6.07, 6.45) is 14.7. The molecule has 2 aliphatic rings. The van der Waals surface area contributed by atoms with Crippen molar-refractivity contribution in [1.29, 1.82) is 0 Å². The molecule has 1 aliphatic heterocycles. The van der Waals surface area contributed by atoms with E-state index in [1.807, 2.05) is 0 Å². The van der Waals surface area contributed by atoms with Crippen LogP contribution in [0.2, 0.25) is 0 Å². The van der Waals surface area contributed by atoms with Crippen molar-refractivity contribution in [2.75, 3.05) is 13.1 Å². The molecule has 1 saturated heterocycles. The van der Waals surface area contributed by atoms with Gasteiger partial charge in [-0.25, -0.2) is 0 Å². The molecule has 2 rings (SSSR count). The van der Waals surface area contributed by atoms with E-state index in [2.05, 4.69) is 23.6 Å². The molecule has 1 heterocycles. The van der Waals surface area contributed by atoms with Gasteiger partial charge in [-0.3, -0.25) is 0 Å². The van der Waals surface area contributed by atoms with Gasteiger partial charge >= 0.3 is 0 Å². The Morgan fingerprint density at radius 3 is 3.00 bits per heavy atom. The van der Waals surface area contributed by atoms with Crippen LogP contribution in [0.3, 0.4) is 0 Å². The lowest BCUT2D eigenvalue weighted by atomic mass is 9.96. The predicted molar refractivity (Wildman–Crippen MR) is 78.9 cm³/mol. The van der Waals surface area contributed by atoms with Crippen LogP contribution in [-0.2, 0) is 0 Å². The van der Waals surface area contributed by atoms with Gasteiger partial charge in [0.15, 0.2) is 0 Å². The monoisotopic (exact) mass is 250 g/mol. The SMILES string of the molecule is CC(CC1CCCCN1)NCCC1=CCCCC1. The van der Waals surface area contributed by atoms with Crippen LogP contribution in [-0.4, -0.2) is 25.2 Å². The van der Waals surface area contributed by atoms with E-state index in [4.69, 9.17) is 0 Å². The highest BCUT2D eigenvalue weighted by atomic mass is 15.0. The van der Waals surface area contributed by atoms with Crippen LogP contribution >= 0.6 is 0 Å². The largest absolute Gasteiger partial charge is 0.314 e. The van der Waals surface area contributed by atoms with E-state index in [1.165, 1.54) is 70.9 Å². The molecular weight excluding hydrogens is 220 g/mol. The first kappa shape index (κ1) is 14.1. The second kappa shape index (κ2) is 7.96. The Bertz CT molecular complexity index is 254. The van der Waals surface area contributed by atoms with E-state index in [0.29, 0.717) is 6.04 Å². The molecular formula is C16H30N2. The molecule has 2 unspecified atom stereocenters. The van der Waals surface area contributed by atoms with Gasteiger partial charge in [0.05, 0.1) is 0 Å². The molecule has 18 heavy (non-hydrogen) atoms. The van der Waals surface area contributed by atoms with E-state index in [1.54, 1.807) is 5.57 Å². The van der Waals surface area contributed by atoms with Gasteiger partial charge < -0.3 is 10.6 Å². The zero-order valence-electron chi connectivity index (χ0n) is 12.0. The van der Waals surface area contributed by atoms with E-state index >= 15 is 0 Å². The standard InChI is InChI=1S/C16H30N2/c1-14(13-16-9-5-6-11-18-16)17-12-10-15-7-3-2-4-8-15/h7,14,16-18H,2-6,8-13H2,1H3. The molecule has 0 bridgehead atoms. The summed E-state index contributed by atoms with van der Waals surface area (Å²) in [6.45, 7) is 4.73. The first-order chi connectivity index (χ1) is 8.84. The minimum absolute atomic E-state index is 0.657. The quantitative estimate of drug-likeness (QED) is 0.706. The highest BCUT2D eigenvalue weighted by molar-refractivity contribution is 5.05. The highest BCUT2D eigenvalue weighted by Crippen LogP contribution is 2.19. The maximum absolute atomic E-state index is 3.70. The Morgan fingerprint density at radius 1 is 1.33 bits per heavy atom. The van der Waals surface area contributed by atoms with Gasteiger partial charge in [-0.15, -0.1) is 0 Å². The topological polar surface area (TPSA) is 24.1 Å². The summed E-state index contributed by atoms with van der Waals surface area (Å²) < 4.78 is 0. The lowest BCUT2D eigenvalue weighted by molar-refractivity contribution is 0.345. The van der Waals surface area contributed by atoms with Crippen molar-refractivity contribution in [3.8, 4) is 0 Å². The molecule has 1 fully saturated rings. The number of allylic oxidation sites excluding steroid dienone is 1. The number of piperidine rings is 1. The van der Waals surface area contributed by atoms with Crippen LogP contribution < -0.4 is 10.6 Å². The van der Waals surface area contributed by atoms with Crippen LogP contribution in [0.4, 0.5) is 0 Å². The third-order valence-electron chi connectivity index (χ3n) is 4.37. The number of hydrogen-bond donors (Lipinski definition) is 2. The van der Waals surface area contributed by atoms with Crippen LogP contribution in [0.5, 0.6) is 0 Å². The normalized spacial score (nSPS) is 26.7. The van der Waals surface area contributed by atoms with Gasteiger partial charge in [0.1, 0.15) is 0 Å². The average molecular weight is 250 g/mol. The summed E-state index contributed by atoms with van der Waals surface area (Å²) in [7, 11) is 0. The Balaban J connectivity index is 1.56. The second-order valence-corrected chi connectivity index (χ2v) is 6.10. The van der Waals surface area contributed by atoms with Gasteiger partial charge in [0.25, 0.3) is 0 Å². The number of nitrogens with one attached hydrogen (secondary N) is 2. The summed E-state index contributed by atoms with van der Waals surface area (Å²) in [5, 5.41) is 7.33. The fourth-order valence-electron chi connectivity index (χ4n) is 3.25. The Hall–Kier alpha value is -0.340. The Labute approximate surface area is 113 Å². The fourth-order valence-corrected chi connectivity index (χ4v) is 3.25. The van der Waals surface area contributed by atoms with Crippen molar-refractivity contribution in [1.82, 2.24) is 10.6 Å². The van der Waals surface area contributed by atoms with Gasteiger partial charge in [0.2, 0.25) is 0 Å². The van der Waals surface area contributed by atoms with Crippen molar-refractivity contribution >= 4 is 0 Å². The molecule has 2 nitrogen and oxygen atoms in total. The summed E-state index contributed by atoms with van der Waals surface area (Å²) in [4.78, 5) is 0. The van der Waals surface area contributed by atoms with Crippen molar-refractivity contribution < 1.29 is 0 Å². The maximum atomic E-state index is 3.70. The molecule has 104 valence electrons. The average Bonchev–Trinajstić information content (AvgIpc) is 2.41. The van der Waals surface area contributed by atoms with E-state index in [-0.39, 0.29) is 0 Å².